The van der Waals surface area contributed by atoms with Crippen molar-refractivity contribution in [2.75, 3.05) is 19.6 Å². The molecule has 0 atom stereocenters. The van der Waals surface area contributed by atoms with Crippen molar-refractivity contribution < 1.29 is 8.42 Å². The van der Waals surface area contributed by atoms with Crippen molar-refractivity contribution in [1.82, 2.24) is 20.3 Å². The molecule has 0 aliphatic rings. The molecule has 0 saturated carbocycles. The van der Waals surface area contributed by atoms with E-state index in [9.17, 15) is 8.42 Å². The number of aryl methyl sites for hydroxylation is 3. The second-order valence-electron chi connectivity index (χ2n) is 6.07. The molecule has 0 spiro atoms. The van der Waals surface area contributed by atoms with Crippen LogP contribution in [0.3, 0.4) is 0 Å². The van der Waals surface area contributed by atoms with Crippen LogP contribution in [0.4, 0.5) is 0 Å². The third-order valence-electron chi connectivity index (χ3n) is 3.77. The summed E-state index contributed by atoms with van der Waals surface area (Å²) in [5.74, 6) is 0.650. The van der Waals surface area contributed by atoms with Crippen molar-refractivity contribution in [3.63, 3.8) is 0 Å². The van der Waals surface area contributed by atoms with Gasteiger partial charge in [0.25, 0.3) is 0 Å². The van der Waals surface area contributed by atoms with Crippen molar-refractivity contribution in [1.29, 1.82) is 0 Å². The van der Waals surface area contributed by atoms with Crippen LogP contribution in [-0.2, 0) is 16.6 Å². The number of rotatable bonds is 8. The van der Waals surface area contributed by atoms with Crippen LogP contribution >= 0.6 is 35.3 Å². The Bertz CT molecular complexity index is 880. The highest BCUT2D eigenvalue weighted by Gasteiger charge is 2.12. The fourth-order valence-corrected chi connectivity index (χ4v) is 4.27. The molecule has 28 heavy (non-hydrogen) atoms. The molecule has 2 rings (SSSR count). The molecule has 7 nitrogen and oxygen atoms in total. The van der Waals surface area contributed by atoms with E-state index in [0.29, 0.717) is 19.0 Å². The number of hydrogen-bond acceptors (Lipinski definition) is 5. The average molecular weight is 537 g/mol. The Labute approximate surface area is 188 Å². The zero-order chi connectivity index (χ0) is 19.9. The Morgan fingerprint density at radius 1 is 1.11 bits per heavy atom. The quantitative estimate of drug-likeness (QED) is 0.208. The SMILES string of the molecule is CCNC(=NCc1sc(C)nc1C)NCCNS(=O)(=O)c1ccc(C)cc1.I. The van der Waals surface area contributed by atoms with E-state index in [4.69, 9.17) is 0 Å². The topological polar surface area (TPSA) is 95.5 Å². The Balaban J connectivity index is 0.00000392. The fourth-order valence-electron chi connectivity index (χ4n) is 2.38. The van der Waals surface area contributed by atoms with Gasteiger partial charge in [0.1, 0.15) is 0 Å². The predicted molar refractivity (Wildman–Crippen MR) is 126 cm³/mol. The number of halogens is 1. The summed E-state index contributed by atoms with van der Waals surface area (Å²) in [5.41, 5.74) is 2.02. The Hall–Kier alpha value is -1.24. The second kappa shape index (κ2) is 11.7. The van der Waals surface area contributed by atoms with Gasteiger partial charge in [0.2, 0.25) is 10.0 Å². The van der Waals surface area contributed by atoms with Gasteiger partial charge in [-0.1, -0.05) is 17.7 Å². The lowest BCUT2D eigenvalue weighted by Gasteiger charge is -2.12. The molecule has 0 saturated heterocycles. The van der Waals surface area contributed by atoms with Gasteiger partial charge in [-0.3, -0.25) is 0 Å². The minimum absolute atomic E-state index is 0. The molecular weight excluding hydrogens is 509 g/mol. The lowest BCUT2D eigenvalue weighted by Crippen LogP contribution is -2.41. The highest BCUT2D eigenvalue weighted by Crippen LogP contribution is 2.17. The number of sulfonamides is 1. The van der Waals surface area contributed by atoms with E-state index in [2.05, 4.69) is 25.3 Å². The first-order chi connectivity index (χ1) is 12.8. The molecule has 10 heteroatoms. The molecule has 0 amide bonds. The number of aromatic nitrogens is 1. The molecule has 0 aliphatic carbocycles. The van der Waals surface area contributed by atoms with Gasteiger partial charge in [0.15, 0.2) is 5.96 Å². The Kier molecular flexibility index (Phi) is 10.4. The molecule has 0 bridgehead atoms. The maximum atomic E-state index is 12.3. The summed E-state index contributed by atoms with van der Waals surface area (Å²) in [7, 11) is -3.50. The average Bonchev–Trinajstić information content (AvgIpc) is 2.94. The number of benzene rings is 1. The highest BCUT2D eigenvalue weighted by atomic mass is 127. The third kappa shape index (κ3) is 7.64. The van der Waals surface area contributed by atoms with E-state index in [0.717, 1.165) is 27.7 Å². The van der Waals surface area contributed by atoms with Gasteiger partial charge >= 0.3 is 0 Å². The largest absolute Gasteiger partial charge is 0.357 e. The minimum atomic E-state index is -3.50. The number of guanidine groups is 1. The monoisotopic (exact) mass is 537 g/mol. The van der Waals surface area contributed by atoms with E-state index in [1.54, 1.807) is 35.6 Å². The van der Waals surface area contributed by atoms with E-state index in [-0.39, 0.29) is 35.4 Å². The summed E-state index contributed by atoms with van der Waals surface area (Å²) in [5, 5.41) is 7.34. The molecule has 2 aromatic rings. The highest BCUT2D eigenvalue weighted by molar-refractivity contribution is 14.0. The van der Waals surface area contributed by atoms with Gasteiger partial charge in [0.05, 0.1) is 22.1 Å². The first kappa shape index (κ1) is 24.8. The summed E-state index contributed by atoms with van der Waals surface area (Å²) in [6.07, 6.45) is 0. The molecule has 0 unspecified atom stereocenters. The van der Waals surface area contributed by atoms with Gasteiger partial charge in [-0.25, -0.2) is 23.1 Å². The molecule has 1 heterocycles. The van der Waals surface area contributed by atoms with Crippen molar-refractivity contribution in [3.05, 3.63) is 45.4 Å². The van der Waals surface area contributed by atoms with Crippen LogP contribution in [-0.4, -0.2) is 39.0 Å². The molecule has 1 aromatic heterocycles. The van der Waals surface area contributed by atoms with Gasteiger partial charge in [-0.05, 0) is 39.8 Å². The van der Waals surface area contributed by atoms with Gasteiger partial charge < -0.3 is 10.6 Å². The number of thiazole rings is 1. The summed E-state index contributed by atoms with van der Waals surface area (Å²) >= 11 is 1.64. The lowest BCUT2D eigenvalue weighted by molar-refractivity contribution is 0.580. The Morgan fingerprint density at radius 3 is 2.36 bits per heavy atom. The van der Waals surface area contributed by atoms with Crippen LogP contribution in [0.2, 0.25) is 0 Å². The molecule has 0 fully saturated rings. The standard InChI is InChI=1S/C18H27N5O2S2.HI/c1-5-19-18(21-12-17-14(3)23-15(4)26-17)20-10-11-22-27(24,25)16-8-6-13(2)7-9-16;/h6-9,22H,5,10-12H2,1-4H3,(H2,19,20,21);1H. The van der Waals surface area contributed by atoms with E-state index in [1.165, 1.54) is 0 Å². The zero-order valence-corrected chi connectivity index (χ0v) is 20.5. The molecular formula is C18H28IN5O2S2. The Morgan fingerprint density at radius 2 is 1.79 bits per heavy atom. The molecule has 0 radical (unpaired) electrons. The first-order valence-electron chi connectivity index (χ1n) is 8.83. The fraction of sp³-hybridized carbons (Fsp3) is 0.444. The van der Waals surface area contributed by atoms with Crippen molar-refractivity contribution in [2.45, 2.75) is 39.1 Å². The number of hydrogen-bond donors (Lipinski definition) is 3. The van der Waals surface area contributed by atoms with Crippen molar-refractivity contribution >= 4 is 51.3 Å². The first-order valence-corrected chi connectivity index (χ1v) is 11.1. The second-order valence-corrected chi connectivity index (χ2v) is 9.13. The molecule has 0 aliphatic heterocycles. The van der Waals surface area contributed by atoms with Crippen LogP contribution in [0.25, 0.3) is 0 Å². The van der Waals surface area contributed by atoms with E-state index >= 15 is 0 Å². The number of nitrogens with zero attached hydrogens (tertiary/aromatic N) is 2. The van der Waals surface area contributed by atoms with Crippen LogP contribution in [0.15, 0.2) is 34.2 Å². The maximum Gasteiger partial charge on any atom is 0.240 e. The van der Waals surface area contributed by atoms with Crippen molar-refractivity contribution in [3.8, 4) is 0 Å². The van der Waals surface area contributed by atoms with Gasteiger partial charge in [-0.2, -0.15) is 0 Å². The van der Waals surface area contributed by atoms with Crippen LogP contribution < -0.4 is 15.4 Å². The van der Waals surface area contributed by atoms with Crippen molar-refractivity contribution in [2.24, 2.45) is 4.99 Å². The summed E-state index contributed by atoms with van der Waals surface area (Å²) in [6, 6.07) is 6.78. The zero-order valence-electron chi connectivity index (χ0n) is 16.6. The number of nitrogens with one attached hydrogen (secondary N) is 3. The molecule has 1 aromatic carbocycles. The van der Waals surface area contributed by atoms with Crippen LogP contribution in [0, 0.1) is 20.8 Å². The van der Waals surface area contributed by atoms with E-state index < -0.39 is 10.0 Å². The third-order valence-corrected chi connectivity index (χ3v) is 6.30. The number of aliphatic imine (C=N–C) groups is 1. The van der Waals surface area contributed by atoms with Gasteiger partial charge in [0, 0.05) is 24.5 Å². The minimum Gasteiger partial charge on any atom is -0.357 e. The van der Waals surface area contributed by atoms with Gasteiger partial charge in [-0.15, -0.1) is 35.3 Å². The normalized spacial score (nSPS) is 11.8. The maximum absolute atomic E-state index is 12.3. The van der Waals surface area contributed by atoms with E-state index in [1.807, 2.05) is 27.7 Å². The van der Waals surface area contributed by atoms with Crippen LogP contribution in [0.5, 0.6) is 0 Å². The lowest BCUT2D eigenvalue weighted by atomic mass is 10.2. The predicted octanol–water partition coefficient (Wildman–Crippen LogP) is 2.72. The molecule has 156 valence electrons. The summed E-state index contributed by atoms with van der Waals surface area (Å²) in [6.45, 7) is 9.83. The summed E-state index contributed by atoms with van der Waals surface area (Å²) < 4.78 is 27.1. The van der Waals surface area contributed by atoms with Crippen LogP contribution in [0.1, 0.15) is 28.1 Å². The summed E-state index contributed by atoms with van der Waals surface area (Å²) in [4.78, 5) is 10.3. The smallest absolute Gasteiger partial charge is 0.240 e. The molecule has 3 N–H and O–H groups in total.